The van der Waals surface area contributed by atoms with Gasteiger partial charge in [-0.2, -0.15) is 0 Å². The molecule has 0 bridgehead atoms. The van der Waals surface area contributed by atoms with Gasteiger partial charge in [0.25, 0.3) is 0 Å². The third kappa shape index (κ3) is 6.53. The van der Waals surface area contributed by atoms with Gasteiger partial charge in [0.15, 0.2) is 5.13 Å². The Balaban J connectivity index is 1.67. The first-order valence-electron chi connectivity index (χ1n) is 8.60. The van der Waals surface area contributed by atoms with Crippen molar-refractivity contribution in [3.63, 3.8) is 0 Å². The highest BCUT2D eigenvalue weighted by molar-refractivity contribution is 7.14. The molecule has 0 fully saturated rings. The Hall–Kier alpha value is -1.68. The van der Waals surface area contributed by atoms with Crippen molar-refractivity contribution in [2.45, 2.75) is 58.3 Å². The highest BCUT2D eigenvalue weighted by atomic mass is 32.1. The Morgan fingerprint density at radius 3 is 2.48 bits per heavy atom. The summed E-state index contributed by atoms with van der Waals surface area (Å²) in [6.07, 6.45) is 9.16. The van der Waals surface area contributed by atoms with Crippen LogP contribution in [0.4, 0.5) is 5.13 Å². The fourth-order valence-corrected chi connectivity index (χ4v) is 3.23. The molecule has 0 aliphatic carbocycles. The minimum absolute atomic E-state index is 0.0764. The molecule has 0 atom stereocenters. The minimum atomic E-state index is 0.0764. The predicted molar refractivity (Wildman–Crippen MR) is 98.8 cm³/mol. The number of nitrogens with zero attached hydrogens (tertiary/aromatic N) is 1. The lowest BCUT2D eigenvalue weighted by Gasteiger charge is -2.02. The van der Waals surface area contributed by atoms with E-state index in [-0.39, 0.29) is 5.91 Å². The van der Waals surface area contributed by atoms with Crippen LogP contribution in [0.2, 0.25) is 0 Å². The Labute approximate surface area is 143 Å². The maximum absolute atomic E-state index is 11.9. The van der Waals surface area contributed by atoms with Crippen molar-refractivity contribution >= 4 is 22.4 Å². The van der Waals surface area contributed by atoms with E-state index in [2.05, 4.69) is 17.2 Å². The maximum atomic E-state index is 11.9. The molecular weight excluding hydrogens is 304 g/mol. The van der Waals surface area contributed by atoms with Crippen LogP contribution in [-0.2, 0) is 4.79 Å². The quantitative estimate of drug-likeness (QED) is 0.552. The summed E-state index contributed by atoms with van der Waals surface area (Å²) >= 11 is 1.48. The number of anilines is 1. The Bertz CT molecular complexity index is 580. The molecule has 0 aliphatic rings. The number of aromatic nitrogens is 1. The number of unbranched alkanes of at least 4 members (excludes halogenated alkanes) is 6. The van der Waals surface area contributed by atoms with Gasteiger partial charge >= 0.3 is 0 Å². The monoisotopic (exact) mass is 330 g/mol. The molecule has 3 nitrogen and oxygen atoms in total. The van der Waals surface area contributed by atoms with Crippen LogP contribution in [0.3, 0.4) is 0 Å². The lowest BCUT2D eigenvalue weighted by Crippen LogP contribution is -2.10. The minimum Gasteiger partial charge on any atom is -0.302 e. The van der Waals surface area contributed by atoms with Gasteiger partial charge in [-0.15, -0.1) is 11.3 Å². The highest BCUT2D eigenvalue weighted by Crippen LogP contribution is 2.24. The molecule has 0 saturated heterocycles. The first kappa shape index (κ1) is 17.7. The van der Waals surface area contributed by atoms with Gasteiger partial charge in [-0.05, 0) is 6.42 Å². The van der Waals surface area contributed by atoms with Crippen molar-refractivity contribution in [3.05, 3.63) is 35.7 Å². The first-order valence-corrected chi connectivity index (χ1v) is 9.48. The maximum Gasteiger partial charge on any atom is 0.226 e. The molecule has 2 aromatic rings. The van der Waals surface area contributed by atoms with E-state index in [1.165, 1.54) is 43.4 Å². The molecule has 1 aromatic heterocycles. The summed E-state index contributed by atoms with van der Waals surface area (Å²) in [6.45, 7) is 2.23. The van der Waals surface area contributed by atoms with E-state index in [0.717, 1.165) is 24.1 Å². The molecule has 0 spiro atoms. The predicted octanol–water partition coefficient (Wildman–Crippen LogP) is 5.89. The fraction of sp³-hybridized carbons (Fsp3) is 0.474. The standard InChI is InChI=1S/C19H26N2OS/c1-2-3-4-5-6-7-11-14-18(22)21-19-20-17(15-23-19)16-12-9-8-10-13-16/h8-10,12-13,15H,2-7,11,14H2,1H3,(H,20,21,22). The number of carbonyl (C=O) groups is 1. The fourth-order valence-electron chi connectivity index (χ4n) is 2.50. The number of carbonyl (C=O) groups excluding carboxylic acids is 1. The van der Waals surface area contributed by atoms with Crippen LogP contribution in [0, 0.1) is 0 Å². The van der Waals surface area contributed by atoms with Crippen molar-refractivity contribution in [2.24, 2.45) is 0 Å². The number of thiazole rings is 1. The number of amides is 1. The van der Waals surface area contributed by atoms with E-state index in [0.29, 0.717) is 11.6 Å². The number of rotatable bonds is 10. The van der Waals surface area contributed by atoms with E-state index in [1.807, 2.05) is 35.7 Å². The lowest BCUT2D eigenvalue weighted by atomic mass is 10.1. The number of hydrogen-bond donors (Lipinski definition) is 1. The van der Waals surface area contributed by atoms with Gasteiger partial charge in [0.1, 0.15) is 0 Å². The van der Waals surface area contributed by atoms with Gasteiger partial charge in [0.2, 0.25) is 5.91 Å². The van der Waals surface area contributed by atoms with Gasteiger partial charge in [0, 0.05) is 17.4 Å². The normalized spacial score (nSPS) is 10.7. The Morgan fingerprint density at radius 1 is 1.04 bits per heavy atom. The van der Waals surface area contributed by atoms with Gasteiger partial charge in [0.05, 0.1) is 5.69 Å². The summed E-state index contributed by atoms with van der Waals surface area (Å²) in [7, 11) is 0. The van der Waals surface area contributed by atoms with E-state index in [9.17, 15) is 4.79 Å². The van der Waals surface area contributed by atoms with Gasteiger partial charge in [-0.3, -0.25) is 4.79 Å². The Morgan fingerprint density at radius 2 is 1.74 bits per heavy atom. The molecule has 2 rings (SSSR count). The van der Waals surface area contributed by atoms with Crippen LogP contribution in [0.5, 0.6) is 0 Å². The molecule has 4 heteroatoms. The highest BCUT2D eigenvalue weighted by Gasteiger charge is 2.07. The molecule has 1 N–H and O–H groups in total. The third-order valence-corrected chi connectivity index (χ3v) is 4.59. The number of nitrogens with one attached hydrogen (secondary N) is 1. The summed E-state index contributed by atoms with van der Waals surface area (Å²) in [5.74, 6) is 0.0764. The topological polar surface area (TPSA) is 42.0 Å². The van der Waals surface area contributed by atoms with Crippen molar-refractivity contribution in [1.29, 1.82) is 0 Å². The van der Waals surface area contributed by atoms with Crippen LogP contribution in [-0.4, -0.2) is 10.9 Å². The number of benzene rings is 1. The molecule has 1 amide bonds. The van der Waals surface area contributed by atoms with Crippen LogP contribution < -0.4 is 5.32 Å². The molecule has 1 aromatic carbocycles. The van der Waals surface area contributed by atoms with Crippen molar-refractivity contribution in [2.75, 3.05) is 5.32 Å². The second-order valence-corrected chi connectivity index (χ2v) is 6.68. The average Bonchev–Trinajstić information content (AvgIpc) is 3.03. The summed E-state index contributed by atoms with van der Waals surface area (Å²) in [5, 5.41) is 5.59. The molecule has 124 valence electrons. The zero-order valence-electron chi connectivity index (χ0n) is 13.9. The van der Waals surface area contributed by atoms with E-state index < -0.39 is 0 Å². The van der Waals surface area contributed by atoms with E-state index in [1.54, 1.807) is 0 Å². The largest absolute Gasteiger partial charge is 0.302 e. The third-order valence-electron chi connectivity index (χ3n) is 3.83. The average molecular weight is 330 g/mol. The zero-order valence-corrected chi connectivity index (χ0v) is 14.7. The van der Waals surface area contributed by atoms with E-state index in [4.69, 9.17) is 0 Å². The lowest BCUT2D eigenvalue weighted by molar-refractivity contribution is -0.116. The molecule has 23 heavy (non-hydrogen) atoms. The molecule has 0 saturated carbocycles. The second-order valence-electron chi connectivity index (χ2n) is 5.82. The number of hydrogen-bond acceptors (Lipinski definition) is 3. The smallest absolute Gasteiger partial charge is 0.226 e. The second kappa shape index (κ2) is 10.2. The van der Waals surface area contributed by atoms with E-state index >= 15 is 0 Å². The van der Waals surface area contributed by atoms with Gasteiger partial charge in [-0.25, -0.2) is 4.98 Å². The van der Waals surface area contributed by atoms with Crippen molar-refractivity contribution < 1.29 is 4.79 Å². The Kier molecular flexibility index (Phi) is 7.81. The van der Waals surface area contributed by atoms with Crippen LogP contribution in [0.1, 0.15) is 58.3 Å². The van der Waals surface area contributed by atoms with Crippen molar-refractivity contribution in [3.8, 4) is 11.3 Å². The molecular formula is C19H26N2OS. The summed E-state index contributed by atoms with van der Waals surface area (Å²) in [6, 6.07) is 10.0. The van der Waals surface area contributed by atoms with Crippen molar-refractivity contribution in [1.82, 2.24) is 4.98 Å². The van der Waals surface area contributed by atoms with Gasteiger partial charge < -0.3 is 5.32 Å². The van der Waals surface area contributed by atoms with Crippen LogP contribution in [0.25, 0.3) is 11.3 Å². The molecule has 0 unspecified atom stereocenters. The van der Waals surface area contributed by atoms with Crippen LogP contribution >= 0.6 is 11.3 Å². The molecule has 0 aliphatic heterocycles. The summed E-state index contributed by atoms with van der Waals surface area (Å²) in [5.41, 5.74) is 2.00. The SMILES string of the molecule is CCCCCCCCCC(=O)Nc1nc(-c2ccccc2)cs1. The molecule has 1 heterocycles. The molecule has 0 radical (unpaired) electrons. The summed E-state index contributed by atoms with van der Waals surface area (Å²) in [4.78, 5) is 16.4. The zero-order chi connectivity index (χ0) is 16.3. The van der Waals surface area contributed by atoms with Gasteiger partial charge in [-0.1, -0.05) is 75.8 Å². The van der Waals surface area contributed by atoms with Crippen LogP contribution in [0.15, 0.2) is 35.7 Å². The summed E-state index contributed by atoms with van der Waals surface area (Å²) < 4.78 is 0. The first-order chi connectivity index (χ1) is 11.3.